The monoisotopic (exact) mass is 286 g/mol. The van der Waals surface area contributed by atoms with Crippen LogP contribution in [0.4, 0.5) is 0 Å². The molecule has 110 valence electrons. The molecule has 0 spiro atoms. The molecule has 0 aliphatic heterocycles. The first-order chi connectivity index (χ1) is 8.69. The molecule has 0 aromatic rings. The van der Waals surface area contributed by atoms with Crippen LogP contribution in [0, 0.1) is 23.2 Å². The Morgan fingerprint density at radius 2 is 1.63 bits per heavy atom. The number of nitrogens with one attached hydrogen (secondary N) is 1. The van der Waals surface area contributed by atoms with Gasteiger partial charge in [0.25, 0.3) is 0 Å². The molecule has 0 aromatic carbocycles. The number of halogens is 1. The molecule has 1 amide bonds. The fourth-order valence-electron chi connectivity index (χ4n) is 5.24. The molecule has 0 atom stereocenters. The van der Waals surface area contributed by atoms with E-state index in [2.05, 4.69) is 5.32 Å². The van der Waals surface area contributed by atoms with Crippen LogP contribution < -0.4 is 11.1 Å². The Balaban J connectivity index is 0.00000133. The predicted octanol–water partition coefficient (Wildman–Crippen LogP) is 2.48. The van der Waals surface area contributed by atoms with Crippen LogP contribution in [-0.4, -0.2) is 19.0 Å². The highest BCUT2D eigenvalue weighted by atomic mass is 35.5. The maximum absolute atomic E-state index is 12.1. The Labute approximate surface area is 122 Å². The molecule has 4 saturated carbocycles. The van der Waals surface area contributed by atoms with E-state index in [-0.39, 0.29) is 18.3 Å². The van der Waals surface area contributed by atoms with E-state index < -0.39 is 0 Å². The van der Waals surface area contributed by atoms with Crippen LogP contribution in [-0.2, 0) is 4.79 Å². The van der Waals surface area contributed by atoms with E-state index in [0.717, 1.165) is 37.1 Å². The molecule has 4 bridgehead atoms. The molecular formula is C15H27ClN2O. The molecule has 4 fully saturated rings. The Morgan fingerprint density at radius 1 is 1.11 bits per heavy atom. The molecule has 4 aliphatic carbocycles. The maximum Gasteiger partial charge on any atom is 0.220 e. The third-order valence-corrected chi connectivity index (χ3v) is 5.40. The third kappa shape index (κ3) is 3.25. The van der Waals surface area contributed by atoms with Crippen molar-refractivity contribution in [2.75, 3.05) is 13.1 Å². The van der Waals surface area contributed by atoms with Crippen LogP contribution in [0.3, 0.4) is 0 Å². The van der Waals surface area contributed by atoms with Crippen molar-refractivity contribution < 1.29 is 4.79 Å². The highest BCUT2D eigenvalue weighted by molar-refractivity contribution is 5.85. The van der Waals surface area contributed by atoms with Crippen LogP contribution in [0.2, 0.25) is 0 Å². The van der Waals surface area contributed by atoms with E-state index in [1.807, 2.05) is 0 Å². The predicted molar refractivity (Wildman–Crippen MR) is 79.2 cm³/mol. The third-order valence-electron chi connectivity index (χ3n) is 5.40. The summed E-state index contributed by atoms with van der Waals surface area (Å²) in [6, 6.07) is 0. The summed E-state index contributed by atoms with van der Waals surface area (Å²) in [5.41, 5.74) is 5.83. The average molecular weight is 287 g/mol. The van der Waals surface area contributed by atoms with Crippen LogP contribution in [0.15, 0.2) is 0 Å². The first kappa shape index (κ1) is 15.1. The highest BCUT2D eigenvalue weighted by Gasteiger charge is 2.51. The van der Waals surface area contributed by atoms with Gasteiger partial charge in [-0.3, -0.25) is 4.79 Å². The van der Waals surface area contributed by atoms with Crippen molar-refractivity contribution in [3.63, 3.8) is 0 Å². The zero-order chi connectivity index (χ0) is 12.6. The quantitative estimate of drug-likeness (QED) is 0.763. The van der Waals surface area contributed by atoms with Crippen LogP contribution in [0.1, 0.15) is 51.4 Å². The summed E-state index contributed by atoms with van der Waals surface area (Å²) >= 11 is 0. The number of hydrogen-bond acceptors (Lipinski definition) is 2. The summed E-state index contributed by atoms with van der Waals surface area (Å²) in [6.45, 7) is 1.42. The smallest absolute Gasteiger partial charge is 0.220 e. The molecule has 0 saturated heterocycles. The van der Waals surface area contributed by atoms with Gasteiger partial charge in [0, 0.05) is 13.0 Å². The summed E-state index contributed by atoms with van der Waals surface area (Å²) in [7, 11) is 0. The highest BCUT2D eigenvalue weighted by Crippen LogP contribution is 2.61. The second-order valence-corrected chi connectivity index (χ2v) is 7.09. The maximum atomic E-state index is 12.1. The molecule has 0 radical (unpaired) electrons. The van der Waals surface area contributed by atoms with E-state index in [0.29, 0.717) is 12.0 Å². The van der Waals surface area contributed by atoms with Crippen molar-refractivity contribution in [1.82, 2.24) is 5.32 Å². The molecule has 0 unspecified atom stereocenters. The summed E-state index contributed by atoms with van der Waals surface area (Å²) < 4.78 is 0. The van der Waals surface area contributed by atoms with Crippen LogP contribution in [0.5, 0.6) is 0 Å². The van der Waals surface area contributed by atoms with Gasteiger partial charge < -0.3 is 11.1 Å². The normalized spacial score (nSPS) is 38.9. The lowest BCUT2D eigenvalue weighted by Gasteiger charge is -2.56. The molecule has 4 heteroatoms. The van der Waals surface area contributed by atoms with E-state index in [1.54, 1.807) is 0 Å². The fourth-order valence-corrected chi connectivity index (χ4v) is 5.24. The molecule has 0 heterocycles. The molecule has 19 heavy (non-hydrogen) atoms. The summed E-state index contributed by atoms with van der Waals surface area (Å²) in [5, 5.41) is 3.04. The number of hydrogen-bond donors (Lipinski definition) is 2. The minimum absolute atomic E-state index is 0. The number of carbonyl (C=O) groups excluding carboxylic acids is 1. The number of amides is 1. The second-order valence-electron chi connectivity index (χ2n) is 7.09. The lowest BCUT2D eigenvalue weighted by molar-refractivity contribution is -0.129. The van der Waals surface area contributed by atoms with Gasteiger partial charge in [0.15, 0.2) is 0 Å². The van der Waals surface area contributed by atoms with E-state index in [9.17, 15) is 4.79 Å². The van der Waals surface area contributed by atoms with Crippen LogP contribution >= 0.6 is 12.4 Å². The van der Waals surface area contributed by atoms with Gasteiger partial charge in [-0.25, -0.2) is 0 Å². The standard InChI is InChI=1S/C15H26N2O.ClH/c16-2-1-3-17-14(18)10-15-7-11-4-12(8-15)6-13(5-11)9-15;/h11-13H,1-10,16H2,(H,17,18);1H. The Morgan fingerprint density at radius 3 is 2.11 bits per heavy atom. The van der Waals surface area contributed by atoms with Crippen molar-refractivity contribution in [2.45, 2.75) is 51.4 Å². The fraction of sp³-hybridized carbons (Fsp3) is 0.933. The lowest BCUT2D eigenvalue weighted by atomic mass is 9.49. The molecule has 3 nitrogen and oxygen atoms in total. The van der Waals surface area contributed by atoms with Gasteiger partial charge in [-0.1, -0.05) is 0 Å². The van der Waals surface area contributed by atoms with Crippen molar-refractivity contribution in [3.8, 4) is 0 Å². The topological polar surface area (TPSA) is 55.1 Å². The number of nitrogens with two attached hydrogens (primary N) is 1. The van der Waals surface area contributed by atoms with Crippen molar-refractivity contribution in [2.24, 2.45) is 28.9 Å². The SMILES string of the molecule is Cl.NCCCNC(=O)CC12CC3CC(CC(C3)C1)C2. The number of rotatable bonds is 5. The van der Waals surface area contributed by atoms with Gasteiger partial charge in [0.2, 0.25) is 5.91 Å². The van der Waals surface area contributed by atoms with Gasteiger partial charge in [-0.2, -0.15) is 0 Å². The van der Waals surface area contributed by atoms with E-state index >= 15 is 0 Å². The lowest BCUT2D eigenvalue weighted by Crippen LogP contribution is -2.48. The molecule has 4 aliphatic rings. The van der Waals surface area contributed by atoms with Gasteiger partial charge >= 0.3 is 0 Å². The first-order valence-electron chi connectivity index (χ1n) is 7.66. The molecule has 4 rings (SSSR count). The summed E-state index contributed by atoms with van der Waals surface area (Å²) in [4.78, 5) is 12.1. The average Bonchev–Trinajstić information content (AvgIpc) is 2.26. The number of carbonyl (C=O) groups is 1. The Hall–Kier alpha value is -0.280. The zero-order valence-electron chi connectivity index (χ0n) is 11.7. The van der Waals surface area contributed by atoms with Crippen molar-refractivity contribution >= 4 is 18.3 Å². The minimum Gasteiger partial charge on any atom is -0.356 e. The minimum atomic E-state index is 0. The Kier molecular flexibility index (Phi) is 4.78. The van der Waals surface area contributed by atoms with Crippen molar-refractivity contribution in [1.29, 1.82) is 0 Å². The van der Waals surface area contributed by atoms with Gasteiger partial charge in [-0.05, 0) is 74.7 Å². The van der Waals surface area contributed by atoms with Gasteiger partial charge in [0.1, 0.15) is 0 Å². The molecular weight excluding hydrogens is 260 g/mol. The van der Waals surface area contributed by atoms with Gasteiger partial charge in [0.05, 0.1) is 0 Å². The summed E-state index contributed by atoms with van der Waals surface area (Å²) in [5.74, 6) is 3.08. The van der Waals surface area contributed by atoms with E-state index in [1.165, 1.54) is 38.5 Å². The Bertz CT molecular complexity index is 297. The zero-order valence-corrected chi connectivity index (χ0v) is 12.5. The van der Waals surface area contributed by atoms with E-state index in [4.69, 9.17) is 5.73 Å². The van der Waals surface area contributed by atoms with Gasteiger partial charge in [-0.15, -0.1) is 12.4 Å². The molecule has 3 N–H and O–H groups in total. The summed E-state index contributed by atoms with van der Waals surface area (Å²) in [6.07, 6.45) is 10.00. The van der Waals surface area contributed by atoms with Crippen molar-refractivity contribution in [3.05, 3.63) is 0 Å². The largest absolute Gasteiger partial charge is 0.356 e. The first-order valence-corrected chi connectivity index (χ1v) is 7.66. The van der Waals surface area contributed by atoms with Crippen LogP contribution in [0.25, 0.3) is 0 Å². The molecule has 0 aromatic heterocycles. The second kappa shape index (κ2) is 6.01.